The lowest BCUT2D eigenvalue weighted by atomic mass is 10.2. The molecule has 0 aliphatic heterocycles. The lowest BCUT2D eigenvalue weighted by molar-refractivity contribution is -0.116. The summed E-state index contributed by atoms with van der Waals surface area (Å²) in [7, 11) is 0. The maximum Gasteiger partial charge on any atom is 0.240 e. The number of aryl methyl sites for hydroxylation is 1. The van der Waals surface area contributed by atoms with Gasteiger partial charge in [0, 0.05) is 24.5 Å². The summed E-state index contributed by atoms with van der Waals surface area (Å²) in [5.74, 6) is -0.0664. The molecule has 4 heteroatoms. The lowest BCUT2D eigenvalue weighted by Crippen LogP contribution is -2.24. The first kappa shape index (κ1) is 10.7. The van der Waals surface area contributed by atoms with Crippen molar-refractivity contribution in [2.24, 2.45) is 5.73 Å². The Morgan fingerprint density at radius 1 is 1.44 bits per heavy atom. The predicted molar refractivity (Wildman–Crippen MR) is 64.7 cm³/mol. The third-order valence-corrected chi connectivity index (χ3v) is 2.53. The van der Waals surface area contributed by atoms with E-state index in [1.165, 1.54) is 0 Å². The number of hydrogen-bond donors (Lipinski definition) is 2. The van der Waals surface area contributed by atoms with Gasteiger partial charge in [0.05, 0.1) is 5.52 Å². The van der Waals surface area contributed by atoms with Crippen molar-refractivity contribution in [1.82, 2.24) is 4.68 Å². The SMILES string of the molecule is Cc1cn(NC(=O)CCN)c2ccccc12. The number of amides is 1. The van der Waals surface area contributed by atoms with Crippen molar-refractivity contribution >= 4 is 16.8 Å². The molecule has 1 aromatic heterocycles. The quantitative estimate of drug-likeness (QED) is 0.815. The fourth-order valence-corrected chi connectivity index (χ4v) is 1.76. The fraction of sp³-hybridized carbons (Fsp3) is 0.250. The molecule has 1 heterocycles. The second-order valence-corrected chi connectivity index (χ2v) is 3.77. The van der Waals surface area contributed by atoms with Gasteiger partial charge in [0.1, 0.15) is 0 Å². The molecule has 0 saturated carbocycles. The van der Waals surface area contributed by atoms with Crippen LogP contribution in [-0.2, 0) is 4.79 Å². The van der Waals surface area contributed by atoms with Gasteiger partial charge in [-0.15, -0.1) is 0 Å². The van der Waals surface area contributed by atoms with E-state index in [-0.39, 0.29) is 5.91 Å². The number of hydrogen-bond acceptors (Lipinski definition) is 2. The topological polar surface area (TPSA) is 60.0 Å². The summed E-state index contributed by atoms with van der Waals surface area (Å²) in [5.41, 5.74) is 10.3. The first-order chi connectivity index (χ1) is 7.72. The lowest BCUT2D eigenvalue weighted by Gasteiger charge is -2.06. The summed E-state index contributed by atoms with van der Waals surface area (Å²) < 4.78 is 1.75. The first-order valence-corrected chi connectivity index (χ1v) is 5.29. The smallest absolute Gasteiger partial charge is 0.240 e. The Bertz CT molecular complexity index is 516. The van der Waals surface area contributed by atoms with Gasteiger partial charge >= 0.3 is 0 Å². The Balaban J connectivity index is 2.34. The van der Waals surface area contributed by atoms with Gasteiger partial charge in [-0.05, 0) is 18.6 Å². The molecule has 3 N–H and O–H groups in total. The number of carbonyl (C=O) groups is 1. The van der Waals surface area contributed by atoms with Gasteiger partial charge in [-0.1, -0.05) is 18.2 Å². The van der Waals surface area contributed by atoms with Crippen LogP contribution in [0.15, 0.2) is 30.5 Å². The summed E-state index contributed by atoms with van der Waals surface area (Å²) >= 11 is 0. The Morgan fingerprint density at radius 3 is 2.94 bits per heavy atom. The number of aromatic nitrogens is 1. The highest BCUT2D eigenvalue weighted by Crippen LogP contribution is 2.18. The maximum atomic E-state index is 11.5. The summed E-state index contributed by atoms with van der Waals surface area (Å²) in [6.45, 7) is 2.39. The van der Waals surface area contributed by atoms with Crippen LogP contribution in [0, 0.1) is 6.92 Å². The molecule has 0 unspecified atom stereocenters. The van der Waals surface area contributed by atoms with Gasteiger partial charge in [-0.25, -0.2) is 0 Å². The zero-order valence-corrected chi connectivity index (χ0v) is 9.23. The Kier molecular flexibility index (Phi) is 2.92. The van der Waals surface area contributed by atoms with E-state index >= 15 is 0 Å². The number of rotatable bonds is 3. The van der Waals surface area contributed by atoms with E-state index in [0.29, 0.717) is 13.0 Å². The number of carbonyl (C=O) groups excluding carboxylic acids is 1. The van der Waals surface area contributed by atoms with Crippen LogP contribution in [0.2, 0.25) is 0 Å². The molecule has 0 atom stereocenters. The van der Waals surface area contributed by atoms with Crippen LogP contribution < -0.4 is 11.2 Å². The molecule has 84 valence electrons. The summed E-state index contributed by atoms with van der Waals surface area (Å²) in [5, 5.41) is 1.15. The normalized spacial score (nSPS) is 10.6. The number of benzene rings is 1. The molecule has 4 nitrogen and oxygen atoms in total. The van der Waals surface area contributed by atoms with Crippen molar-refractivity contribution in [3.63, 3.8) is 0 Å². The minimum atomic E-state index is -0.0664. The van der Waals surface area contributed by atoms with Crippen LogP contribution in [-0.4, -0.2) is 17.1 Å². The third-order valence-electron chi connectivity index (χ3n) is 2.53. The van der Waals surface area contributed by atoms with Gasteiger partial charge in [0.25, 0.3) is 0 Å². The molecular formula is C12H15N3O. The molecule has 0 spiro atoms. The van der Waals surface area contributed by atoms with E-state index in [1.807, 2.05) is 37.4 Å². The van der Waals surface area contributed by atoms with Crippen LogP contribution in [0.3, 0.4) is 0 Å². The van der Waals surface area contributed by atoms with Crippen molar-refractivity contribution in [2.45, 2.75) is 13.3 Å². The summed E-state index contributed by atoms with van der Waals surface area (Å²) in [6.07, 6.45) is 2.25. The van der Waals surface area contributed by atoms with E-state index in [1.54, 1.807) is 4.68 Å². The molecular weight excluding hydrogens is 202 g/mol. The van der Waals surface area contributed by atoms with E-state index < -0.39 is 0 Å². The molecule has 0 bridgehead atoms. The molecule has 1 amide bonds. The molecule has 0 aliphatic carbocycles. The van der Waals surface area contributed by atoms with Crippen LogP contribution in [0.4, 0.5) is 0 Å². The number of nitrogens with two attached hydrogens (primary N) is 1. The van der Waals surface area contributed by atoms with Crippen LogP contribution in [0.5, 0.6) is 0 Å². The van der Waals surface area contributed by atoms with Gasteiger partial charge < -0.3 is 5.73 Å². The molecule has 0 radical (unpaired) electrons. The van der Waals surface area contributed by atoms with Crippen molar-refractivity contribution < 1.29 is 4.79 Å². The zero-order chi connectivity index (χ0) is 11.5. The van der Waals surface area contributed by atoms with Crippen molar-refractivity contribution in [1.29, 1.82) is 0 Å². The van der Waals surface area contributed by atoms with Gasteiger partial charge in [-0.3, -0.25) is 14.9 Å². The highest BCUT2D eigenvalue weighted by Gasteiger charge is 2.06. The molecule has 0 fully saturated rings. The van der Waals surface area contributed by atoms with E-state index in [4.69, 9.17) is 5.73 Å². The first-order valence-electron chi connectivity index (χ1n) is 5.29. The number of nitrogens with zero attached hydrogens (tertiary/aromatic N) is 1. The molecule has 0 aliphatic rings. The van der Waals surface area contributed by atoms with Crippen LogP contribution in [0.25, 0.3) is 10.9 Å². The number of nitrogens with one attached hydrogen (secondary N) is 1. The van der Waals surface area contributed by atoms with Crippen molar-refractivity contribution in [3.05, 3.63) is 36.0 Å². The van der Waals surface area contributed by atoms with Crippen LogP contribution >= 0.6 is 0 Å². The summed E-state index contributed by atoms with van der Waals surface area (Å²) in [4.78, 5) is 11.5. The Hall–Kier alpha value is -1.81. The minimum Gasteiger partial charge on any atom is -0.330 e. The highest BCUT2D eigenvalue weighted by atomic mass is 16.2. The maximum absolute atomic E-state index is 11.5. The molecule has 16 heavy (non-hydrogen) atoms. The molecule has 2 rings (SSSR count). The monoisotopic (exact) mass is 217 g/mol. The second-order valence-electron chi connectivity index (χ2n) is 3.77. The zero-order valence-electron chi connectivity index (χ0n) is 9.23. The average Bonchev–Trinajstić information content (AvgIpc) is 2.57. The van der Waals surface area contributed by atoms with Crippen LogP contribution in [0.1, 0.15) is 12.0 Å². The molecule has 1 aromatic carbocycles. The predicted octanol–water partition coefficient (Wildman–Crippen LogP) is 1.37. The second kappa shape index (κ2) is 4.37. The Labute approximate surface area is 94.0 Å². The summed E-state index contributed by atoms with van der Waals surface area (Å²) in [6, 6.07) is 7.95. The van der Waals surface area contributed by atoms with E-state index in [2.05, 4.69) is 5.43 Å². The minimum absolute atomic E-state index is 0.0664. The molecule has 2 aromatic rings. The number of fused-ring (bicyclic) bond motifs is 1. The third kappa shape index (κ3) is 1.92. The van der Waals surface area contributed by atoms with E-state index in [0.717, 1.165) is 16.5 Å². The van der Waals surface area contributed by atoms with Gasteiger partial charge in [0.2, 0.25) is 5.91 Å². The standard InChI is InChI=1S/C12H15N3O/c1-9-8-15(14-12(16)6-7-13)11-5-3-2-4-10(9)11/h2-5,8H,6-7,13H2,1H3,(H,14,16). The van der Waals surface area contributed by atoms with E-state index in [9.17, 15) is 4.79 Å². The number of para-hydroxylation sites is 1. The van der Waals surface area contributed by atoms with Gasteiger partial charge in [-0.2, -0.15) is 0 Å². The van der Waals surface area contributed by atoms with Crippen molar-refractivity contribution in [3.8, 4) is 0 Å². The Morgan fingerprint density at radius 2 is 2.19 bits per heavy atom. The highest BCUT2D eigenvalue weighted by molar-refractivity contribution is 5.89. The van der Waals surface area contributed by atoms with Gasteiger partial charge in [0.15, 0.2) is 0 Å². The largest absolute Gasteiger partial charge is 0.330 e. The fourth-order valence-electron chi connectivity index (χ4n) is 1.76. The molecule has 0 saturated heterocycles. The average molecular weight is 217 g/mol. The van der Waals surface area contributed by atoms with Crippen molar-refractivity contribution in [2.75, 3.05) is 12.0 Å².